The van der Waals surface area contributed by atoms with Crippen LogP contribution in [0.5, 0.6) is 0 Å². The molecule has 1 unspecified atom stereocenters. The Morgan fingerprint density at radius 2 is 2.26 bits per heavy atom. The highest BCUT2D eigenvalue weighted by molar-refractivity contribution is 9.11. The van der Waals surface area contributed by atoms with Crippen LogP contribution in [0.2, 0.25) is 0 Å². The topological polar surface area (TPSA) is 53.9 Å². The van der Waals surface area contributed by atoms with Gasteiger partial charge in [0.05, 0.1) is 19.7 Å². The van der Waals surface area contributed by atoms with Crippen molar-refractivity contribution >= 4 is 43.9 Å². The smallest absolute Gasteiger partial charge is 0.413 e. The Labute approximate surface area is 128 Å². The fourth-order valence-electron chi connectivity index (χ4n) is 1.90. The number of likely N-dealkylation sites (N-methyl/N-ethyl adjacent to an activating group) is 1. The number of benzene rings is 1. The molecule has 1 aliphatic rings. The summed E-state index contributed by atoms with van der Waals surface area (Å²) >= 11 is 6.98. The summed E-state index contributed by atoms with van der Waals surface area (Å²) in [6.07, 6.45) is -0.513. The van der Waals surface area contributed by atoms with Crippen molar-refractivity contribution in [2.45, 2.75) is 6.04 Å². The number of carbonyl (C=O) groups excluding carboxylic acids is 1. The minimum atomic E-state index is -0.513. The summed E-state index contributed by atoms with van der Waals surface area (Å²) in [7, 11) is 3.22. The first-order valence-electron chi connectivity index (χ1n) is 5.60. The van der Waals surface area contributed by atoms with E-state index in [2.05, 4.69) is 46.9 Å². The lowest BCUT2D eigenvalue weighted by Gasteiger charge is -2.24. The van der Waals surface area contributed by atoms with E-state index in [9.17, 15) is 4.79 Å². The van der Waals surface area contributed by atoms with Gasteiger partial charge < -0.3 is 9.64 Å². The zero-order chi connectivity index (χ0) is 14.0. The molecule has 19 heavy (non-hydrogen) atoms. The average molecular weight is 391 g/mol. The number of nitrogens with one attached hydrogen (secondary N) is 1. The monoisotopic (exact) mass is 389 g/mol. The average Bonchev–Trinajstić information content (AvgIpc) is 2.71. The maximum atomic E-state index is 11.2. The van der Waals surface area contributed by atoms with Gasteiger partial charge in [-0.05, 0) is 17.7 Å². The van der Waals surface area contributed by atoms with Gasteiger partial charge in [0.25, 0.3) is 0 Å². The minimum absolute atomic E-state index is 0.0923. The number of alkyl carbamates (subject to hydrolysis) is 1. The van der Waals surface area contributed by atoms with E-state index in [0.717, 1.165) is 14.5 Å². The number of guanidine groups is 1. The van der Waals surface area contributed by atoms with Gasteiger partial charge in [0.1, 0.15) is 0 Å². The molecule has 0 saturated carbocycles. The maximum Gasteiger partial charge on any atom is 0.413 e. The summed E-state index contributed by atoms with van der Waals surface area (Å²) in [6, 6.07) is 6.11. The van der Waals surface area contributed by atoms with Gasteiger partial charge in [-0.1, -0.05) is 37.9 Å². The summed E-state index contributed by atoms with van der Waals surface area (Å²) in [6.45, 7) is 0.593. The van der Waals surface area contributed by atoms with E-state index in [1.165, 1.54) is 7.11 Å². The number of rotatable bonds is 1. The number of hydrogen-bond acceptors (Lipinski definition) is 4. The van der Waals surface area contributed by atoms with E-state index in [1.54, 1.807) is 0 Å². The summed E-state index contributed by atoms with van der Waals surface area (Å²) in [5.74, 6) is 0.520. The quantitative estimate of drug-likeness (QED) is 0.802. The van der Waals surface area contributed by atoms with Crippen LogP contribution in [-0.2, 0) is 4.74 Å². The molecule has 1 atom stereocenters. The normalized spacial score (nSPS) is 18.2. The van der Waals surface area contributed by atoms with Crippen molar-refractivity contribution in [3.8, 4) is 0 Å². The number of nitrogens with zero attached hydrogens (tertiary/aromatic N) is 2. The fourth-order valence-corrected chi connectivity index (χ4v) is 3.21. The Morgan fingerprint density at radius 3 is 2.89 bits per heavy atom. The van der Waals surface area contributed by atoms with Crippen LogP contribution in [0.3, 0.4) is 0 Å². The van der Waals surface area contributed by atoms with E-state index in [4.69, 9.17) is 0 Å². The van der Waals surface area contributed by atoms with Crippen LogP contribution in [0.4, 0.5) is 4.79 Å². The first kappa shape index (κ1) is 14.3. The van der Waals surface area contributed by atoms with Crippen LogP contribution in [0.25, 0.3) is 0 Å². The fraction of sp³-hybridized carbons (Fsp3) is 0.333. The van der Waals surface area contributed by atoms with Crippen molar-refractivity contribution in [3.63, 3.8) is 0 Å². The molecule has 7 heteroatoms. The lowest BCUT2D eigenvalue weighted by Crippen LogP contribution is -2.40. The standard InChI is InChI=1S/C12H13Br2N3O2/c1-17-10(6-15-11(17)16-12(18)19-2)8-4-3-7(13)5-9(8)14/h3-5,10H,6H2,1-2H3,(H,15,16,18). The third-order valence-corrected chi connectivity index (χ3v) is 4.12. The molecule has 1 amide bonds. The van der Waals surface area contributed by atoms with E-state index in [0.29, 0.717) is 12.5 Å². The predicted octanol–water partition coefficient (Wildman–Crippen LogP) is 2.91. The Morgan fingerprint density at radius 1 is 1.53 bits per heavy atom. The van der Waals surface area contributed by atoms with Gasteiger partial charge in [0, 0.05) is 16.0 Å². The molecule has 0 aliphatic carbocycles. The first-order valence-corrected chi connectivity index (χ1v) is 7.18. The number of halogens is 2. The van der Waals surface area contributed by atoms with Gasteiger partial charge in [-0.3, -0.25) is 10.3 Å². The molecule has 102 valence electrons. The summed E-state index contributed by atoms with van der Waals surface area (Å²) in [5.41, 5.74) is 1.12. The second kappa shape index (κ2) is 5.92. The number of ether oxygens (including phenoxy) is 1. The van der Waals surface area contributed by atoms with Crippen LogP contribution in [0, 0.1) is 0 Å². The molecule has 0 saturated heterocycles. The Balaban J connectivity index is 2.15. The van der Waals surface area contributed by atoms with Crippen molar-refractivity contribution in [2.24, 2.45) is 4.99 Å². The number of hydrogen-bond donors (Lipinski definition) is 1. The first-order chi connectivity index (χ1) is 9.02. The summed E-state index contributed by atoms with van der Waals surface area (Å²) < 4.78 is 6.59. The molecule has 5 nitrogen and oxygen atoms in total. The summed E-state index contributed by atoms with van der Waals surface area (Å²) in [4.78, 5) is 17.5. The van der Waals surface area contributed by atoms with Crippen molar-refractivity contribution in [3.05, 3.63) is 32.7 Å². The molecule has 1 heterocycles. The summed E-state index contributed by atoms with van der Waals surface area (Å²) in [5, 5.41) is 2.60. The van der Waals surface area contributed by atoms with E-state index < -0.39 is 6.09 Å². The molecular weight excluding hydrogens is 378 g/mol. The highest BCUT2D eigenvalue weighted by Gasteiger charge is 2.28. The lowest BCUT2D eigenvalue weighted by atomic mass is 10.1. The molecule has 0 fully saturated rings. The number of methoxy groups -OCH3 is 1. The molecule has 1 aromatic carbocycles. The van der Waals surface area contributed by atoms with Crippen molar-refractivity contribution in [1.82, 2.24) is 10.2 Å². The van der Waals surface area contributed by atoms with Gasteiger partial charge in [-0.2, -0.15) is 0 Å². The van der Waals surface area contributed by atoms with Crippen LogP contribution in [0.1, 0.15) is 11.6 Å². The molecule has 2 rings (SSSR count). The lowest BCUT2D eigenvalue weighted by molar-refractivity contribution is 0.175. The molecule has 0 radical (unpaired) electrons. The molecule has 1 aliphatic heterocycles. The Bertz CT molecular complexity index is 534. The predicted molar refractivity (Wildman–Crippen MR) is 80.2 cm³/mol. The molecule has 0 aromatic heterocycles. The van der Waals surface area contributed by atoms with Crippen molar-refractivity contribution in [2.75, 3.05) is 20.7 Å². The van der Waals surface area contributed by atoms with Crippen LogP contribution in [-0.4, -0.2) is 37.7 Å². The zero-order valence-electron chi connectivity index (χ0n) is 10.5. The molecular formula is C12H13Br2N3O2. The van der Waals surface area contributed by atoms with Crippen LogP contribution < -0.4 is 5.32 Å². The van der Waals surface area contributed by atoms with Crippen molar-refractivity contribution < 1.29 is 9.53 Å². The SMILES string of the molecule is COC(=O)NC1=NCC(c2ccc(Br)cc2Br)N1C. The van der Waals surface area contributed by atoms with Gasteiger partial charge in [0.2, 0.25) is 5.96 Å². The molecule has 0 spiro atoms. The third kappa shape index (κ3) is 3.09. The van der Waals surface area contributed by atoms with E-state index in [-0.39, 0.29) is 6.04 Å². The van der Waals surface area contributed by atoms with Gasteiger partial charge in [-0.15, -0.1) is 0 Å². The third-order valence-electron chi connectivity index (χ3n) is 2.94. The van der Waals surface area contributed by atoms with Gasteiger partial charge >= 0.3 is 6.09 Å². The maximum absolute atomic E-state index is 11.2. The highest BCUT2D eigenvalue weighted by Crippen LogP contribution is 2.32. The van der Waals surface area contributed by atoms with Crippen molar-refractivity contribution in [1.29, 1.82) is 0 Å². The molecule has 0 bridgehead atoms. The van der Waals surface area contributed by atoms with Crippen LogP contribution in [0.15, 0.2) is 32.1 Å². The Kier molecular flexibility index (Phi) is 4.46. The minimum Gasteiger partial charge on any atom is -0.453 e. The second-order valence-corrected chi connectivity index (χ2v) is 5.84. The Hall–Kier alpha value is -1.08. The van der Waals surface area contributed by atoms with Gasteiger partial charge in [-0.25, -0.2) is 4.79 Å². The second-order valence-electron chi connectivity index (χ2n) is 4.07. The zero-order valence-corrected chi connectivity index (χ0v) is 13.7. The molecule has 1 N–H and O–H groups in total. The number of aliphatic imine (C=N–C) groups is 1. The van der Waals surface area contributed by atoms with Crippen LogP contribution >= 0.6 is 31.9 Å². The van der Waals surface area contributed by atoms with E-state index in [1.807, 2.05) is 30.1 Å². The number of amides is 1. The largest absolute Gasteiger partial charge is 0.453 e. The molecule has 1 aromatic rings. The number of carbonyl (C=O) groups is 1. The van der Waals surface area contributed by atoms with E-state index >= 15 is 0 Å². The van der Waals surface area contributed by atoms with Gasteiger partial charge in [0.15, 0.2) is 0 Å². The highest BCUT2D eigenvalue weighted by atomic mass is 79.9.